The zero-order valence-electron chi connectivity index (χ0n) is 6.22. The Kier molecular flexibility index (Phi) is 3.06. The Labute approximate surface area is 65.8 Å². The smallest absolute Gasteiger partial charge is 0.220 e. The normalized spacial score (nSPS) is 24.9. The number of carbonyl (C=O) groups excluding carboxylic acids is 1. The molecule has 1 aliphatic heterocycles. The minimum atomic E-state index is 0.224. The first kappa shape index (κ1) is 7.92. The predicted molar refractivity (Wildman–Crippen MR) is 44.1 cm³/mol. The molecule has 0 aromatic carbocycles. The molecule has 1 atom stereocenters. The van der Waals surface area contributed by atoms with Crippen LogP contribution in [0.3, 0.4) is 0 Å². The van der Waals surface area contributed by atoms with E-state index in [1.807, 2.05) is 11.8 Å². The van der Waals surface area contributed by atoms with Gasteiger partial charge in [0.25, 0.3) is 0 Å². The lowest BCUT2D eigenvalue weighted by Gasteiger charge is -2.03. The third kappa shape index (κ3) is 2.21. The Morgan fingerprint density at radius 1 is 1.80 bits per heavy atom. The van der Waals surface area contributed by atoms with E-state index in [9.17, 15) is 4.79 Å². The monoisotopic (exact) mass is 159 g/mol. The topological polar surface area (TPSA) is 29.1 Å². The van der Waals surface area contributed by atoms with Crippen molar-refractivity contribution < 1.29 is 4.79 Å². The summed E-state index contributed by atoms with van der Waals surface area (Å²) >= 11 is 1.92. The molecule has 0 radical (unpaired) electrons. The highest BCUT2D eigenvalue weighted by Gasteiger charge is 2.20. The molecule has 0 spiro atoms. The number of rotatable bonds is 3. The zero-order chi connectivity index (χ0) is 7.40. The molecule has 0 bridgehead atoms. The highest BCUT2D eigenvalue weighted by Crippen LogP contribution is 2.14. The van der Waals surface area contributed by atoms with Gasteiger partial charge in [0.1, 0.15) is 0 Å². The fraction of sp³-hybridized carbons (Fsp3) is 0.857. The third-order valence-electron chi connectivity index (χ3n) is 1.62. The van der Waals surface area contributed by atoms with Crippen molar-refractivity contribution in [1.29, 1.82) is 0 Å². The molecule has 1 N–H and O–H groups in total. The summed E-state index contributed by atoms with van der Waals surface area (Å²) in [5.74, 6) is 3.11. The fourth-order valence-electron chi connectivity index (χ4n) is 1.07. The minimum Gasteiger partial charge on any atom is -0.356 e. The van der Waals surface area contributed by atoms with Crippen LogP contribution in [0.5, 0.6) is 0 Å². The maximum Gasteiger partial charge on any atom is 0.220 e. The van der Waals surface area contributed by atoms with E-state index in [-0.39, 0.29) is 5.91 Å². The minimum absolute atomic E-state index is 0.224. The number of nitrogens with one attached hydrogen (secondary N) is 1. The SMILES string of the molecule is CCSCC1CNC(=O)C1. The van der Waals surface area contributed by atoms with Crippen LogP contribution in [0.1, 0.15) is 13.3 Å². The summed E-state index contributed by atoms with van der Waals surface area (Å²) in [5, 5.41) is 2.83. The summed E-state index contributed by atoms with van der Waals surface area (Å²) in [7, 11) is 0. The summed E-state index contributed by atoms with van der Waals surface area (Å²) in [5.41, 5.74) is 0. The van der Waals surface area contributed by atoms with Crippen LogP contribution in [0.15, 0.2) is 0 Å². The number of thioether (sulfide) groups is 1. The molecule has 0 aromatic rings. The van der Waals surface area contributed by atoms with E-state index < -0.39 is 0 Å². The molecule has 1 aliphatic rings. The molecule has 0 saturated carbocycles. The summed E-state index contributed by atoms with van der Waals surface area (Å²) in [6.07, 6.45) is 0.743. The van der Waals surface area contributed by atoms with Crippen LogP contribution in [0.4, 0.5) is 0 Å². The third-order valence-corrected chi connectivity index (χ3v) is 2.74. The van der Waals surface area contributed by atoms with Crippen LogP contribution in [-0.2, 0) is 4.79 Å². The van der Waals surface area contributed by atoms with E-state index in [2.05, 4.69) is 12.2 Å². The first-order valence-electron chi connectivity index (χ1n) is 3.67. The van der Waals surface area contributed by atoms with Crippen LogP contribution in [0.2, 0.25) is 0 Å². The molecule has 10 heavy (non-hydrogen) atoms. The van der Waals surface area contributed by atoms with Crippen molar-refractivity contribution in [3.63, 3.8) is 0 Å². The van der Waals surface area contributed by atoms with E-state index in [1.165, 1.54) is 0 Å². The lowest BCUT2D eigenvalue weighted by atomic mass is 10.1. The van der Waals surface area contributed by atoms with Crippen molar-refractivity contribution in [3.05, 3.63) is 0 Å². The van der Waals surface area contributed by atoms with Gasteiger partial charge in [0.15, 0.2) is 0 Å². The Balaban J connectivity index is 2.12. The van der Waals surface area contributed by atoms with Gasteiger partial charge in [-0.05, 0) is 17.4 Å². The van der Waals surface area contributed by atoms with Crippen molar-refractivity contribution in [2.75, 3.05) is 18.1 Å². The van der Waals surface area contributed by atoms with Gasteiger partial charge >= 0.3 is 0 Å². The molecule has 1 saturated heterocycles. The molecular weight excluding hydrogens is 146 g/mol. The summed E-state index contributed by atoms with van der Waals surface area (Å²) in [6.45, 7) is 3.04. The summed E-state index contributed by atoms with van der Waals surface area (Å²) in [4.78, 5) is 10.7. The fourth-order valence-corrected chi connectivity index (χ4v) is 1.87. The molecule has 3 heteroatoms. The maximum absolute atomic E-state index is 10.7. The highest BCUT2D eigenvalue weighted by molar-refractivity contribution is 7.99. The Bertz CT molecular complexity index is 127. The van der Waals surface area contributed by atoms with Gasteiger partial charge in [-0.2, -0.15) is 11.8 Å². The molecule has 1 heterocycles. The summed E-state index contributed by atoms with van der Waals surface area (Å²) in [6, 6.07) is 0. The number of carbonyl (C=O) groups is 1. The van der Waals surface area contributed by atoms with Gasteiger partial charge < -0.3 is 5.32 Å². The lowest BCUT2D eigenvalue weighted by Crippen LogP contribution is -2.14. The number of hydrogen-bond acceptors (Lipinski definition) is 2. The van der Waals surface area contributed by atoms with Crippen LogP contribution >= 0.6 is 11.8 Å². The number of amides is 1. The summed E-state index contributed by atoms with van der Waals surface area (Å²) < 4.78 is 0. The molecular formula is C7H13NOS. The van der Waals surface area contributed by atoms with Crippen molar-refractivity contribution in [2.45, 2.75) is 13.3 Å². The van der Waals surface area contributed by atoms with Crippen molar-refractivity contribution in [2.24, 2.45) is 5.92 Å². The molecule has 1 rings (SSSR count). The van der Waals surface area contributed by atoms with Crippen LogP contribution in [-0.4, -0.2) is 24.0 Å². The Morgan fingerprint density at radius 3 is 3.10 bits per heavy atom. The van der Waals surface area contributed by atoms with Gasteiger partial charge in [0, 0.05) is 13.0 Å². The molecule has 1 fully saturated rings. The molecule has 0 aromatic heterocycles. The molecule has 2 nitrogen and oxygen atoms in total. The van der Waals surface area contributed by atoms with Gasteiger partial charge in [-0.3, -0.25) is 4.79 Å². The van der Waals surface area contributed by atoms with Gasteiger partial charge in [-0.25, -0.2) is 0 Å². The van der Waals surface area contributed by atoms with Crippen molar-refractivity contribution in [3.8, 4) is 0 Å². The second-order valence-electron chi connectivity index (χ2n) is 2.53. The average Bonchev–Trinajstić information content (AvgIpc) is 2.31. The lowest BCUT2D eigenvalue weighted by molar-refractivity contribution is -0.119. The standard InChI is InChI=1S/C7H13NOS/c1-2-10-5-6-3-7(9)8-4-6/h6H,2-5H2,1H3,(H,8,9). The second kappa shape index (κ2) is 3.86. The number of hydrogen-bond donors (Lipinski definition) is 1. The van der Waals surface area contributed by atoms with Crippen molar-refractivity contribution >= 4 is 17.7 Å². The Morgan fingerprint density at radius 2 is 2.60 bits per heavy atom. The van der Waals surface area contributed by atoms with E-state index in [0.717, 1.165) is 24.5 Å². The van der Waals surface area contributed by atoms with Crippen molar-refractivity contribution in [1.82, 2.24) is 5.32 Å². The van der Waals surface area contributed by atoms with E-state index in [0.29, 0.717) is 5.92 Å². The Hall–Kier alpha value is -0.180. The van der Waals surface area contributed by atoms with Gasteiger partial charge in [-0.15, -0.1) is 0 Å². The van der Waals surface area contributed by atoms with Gasteiger partial charge in [0.05, 0.1) is 0 Å². The van der Waals surface area contributed by atoms with E-state index in [4.69, 9.17) is 0 Å². The molecule has 1 amide bonds. The zero-order valence-corrected chi connectivity index (χ0v) is 7.04. The van der Waals surface area contributed by atoms with E-state index in [1.54, 1.807) is 0 Å². The van der Waals surface area contributed by atoms with Crippen LogP contribution < -0.4 is 5.32 Å². The first-order chi connectivity index (χ1) is 4.83. The average molecular weight is 159 g/mol. The van der Waals surface area contributed by atoms with Gasteiger partial charge in [-0.1, -0.05) is 6.92 Å². The predicted octanol–water partition coefficient (Wildman–Crippen LogP) is 0.876. The second-order valence-corrected chi connectivity index (χ2v) is 3.85. The largest absolute Gasteiger partial charge is 0.356 e. The van der Waals surface area contributed by atoms with E-state index >= 15 is 0 Å². The van der Waals surface area contributed by atoms with Gasteiger partial charge in [0.2, 0.25) is 5.91 Å². The molecule has 0 aliphatic carbocycles. The quantitative estimate of drug-likeness (QED) is 0.662. The first-order valence-corrected chi connectivity index (χ1v) is 4.83. The van der Waals surface area contributed by atoms with Crippen LogP contribution in [0, 0.1) is 5.92 Å². The maximum atomic E-state index is 10.7. The highest BCUT2D eigenvalue weighted by atomic mass is 32.2. The molecule has 58 valence electrons. The molecule has 1 unspecified atom stereocenters. The van der Waals surface area contributed by atoms with Crippen LogP contribution in [0.25, 0.3) is 0 Å².